The summed E-state index contributed by atoms with van der Waals surface area (Å²) in [4.78, 5) is 12.8. The van der Waals surface area contributed by atoms with Crippen molar-refractivity contribution >= 4 is 52.0 Å². The first-order valence-corrected chi connectivity index (χ1v) is 11.1. The second kappa shape index (κ2) is 9.27. The van der Waals surface area contributed by atoms with Crippen molar-refractivity contribution in [1.29, 1.82) is 0 Å². The zero-order chi connectivity index (χ0) is 22.8. The molecule has 0 radical (unpaired) electrons. The maximum atomic E-state index is 10.9. The van der Waals surface area contributed by atoms with E-state index in [0.29, 0.717) is 40.5 Å². The number of nitrogens with zero attached hydrogens (tertiary/aromatic N) is 2. The van der Waals surface area contributed by atoms with E-state index in [9.17, 15) is 9.90 Å². The molecule has 0 atom stereocenters. The third-order valence-electron chi connectivity index (χ3n) is 5.31. The molecule has 0 N–H and O–H groups in total. The SMILES string of the molecule is CCC(=Cc1oc2ccc(Cl)cc2[n+]1C)C=C1Oc2ccc(Cl)cc2N1CCCC(=O)[O-]. The topological polar surface area (TPSA) is 69.6 Å². The van der Waals surface area contributed by atoms with Crippen molar-refractivity contribution in [1.82, 2.24) is 0 Å². The summed E-state index contributed by atoms with van der Waals surface area (Å²) in [7, 11) is 1.92. The van der Waals surface area contributed by atoms with Gasteiger partial charge in [0.15, 0.2) is 5.75 Å². The highest BCUT2D eigenvalue weighted by Gasteiger charge is 2.27. The van der Waals surface area contributed by atoms with E-state index in [0.717, 1.165) is 28.8 Å². The lowest BCUT2D eigenvalue weighted by molar-refractivity contribution is -0.652. The van der Waals surface area contributed by atoms with Crippen LogP contribution >= 0.6 is 23.2 Å². The van der Waals surface area contributed by atoms with Crippen LogP contribution in [0.1, 0.15) is 32.1 Å². The molecule has 0 aliphatic carbocycles. The number of carboxylic acids is 1. The van der Waals surface area contributed by atoms with Crippen LogP contribution in [0.2, 0.25) is 10.0 Å². The summed E-state index contributed by atoms with van der Waals surface area (Å²) in [5.41, 5.74) is 3.43. The van der Waals surface area contributed by atoms with Gasteiger partial charge in [-0.2, -0.15) is 4.57 Å². The number of aryl methyl sites for hydroxylation is 1. The second-order valence-corrected chi connectivity index (χ2v) is 8.38. The molecule has 0 saturated carbocycles. The van der Waals surface area contributed by atoms with Gasteiger partial charge in [0.25, 0.3) is 5.52 Å². The number of aliphatic carboxylic acids is 1. The van der Waals surface area contributed by atoms with Gasteiger partial charge in [-0.25, -0.2) is 0 Å². The van der Waals surface area contributed by atoms with Gasteiger partial charge in [0.2, 0.25) is 11.5 Å². The molecule has 0 spiro atoms. The van der Waals surface area contributed by atoms with Crippen LogP contribution in [0, 0.1) is 0 Å². The average Bonchev–Trinajstić information content (AvgIpc) is 3.24. The number of halogens is 2. The molecule has 8 heteroatoms. The third-order valence-corrected chi connectivity index (χ3v) is 5.78. The number of hydrogen-bond acceptors (Lipinski definition) is 5. The maximum absolute atomic E-state index is 10.9. The summed E-state index contributed by atoms with van der Waals surface area (Å²) in [6.45, 7) is 2.50. The number of ether oxygens (including phenoxy) is 1. The number of benzene rings is 2. The number of carbonyl (C=O) groups is 1. The Bertz CT molecular complexity index is 1250. The summed E-state index contributed by atoms with van der Waals surface area (Å²) < 4.78 is 14.0. The summed E-state index contributed by atoms with van der Waals surface area (Å²) in [5.74, 6) is 0.885. The molecule has 6 nitrogen and oxygen atoms in total. The molecule has 32 heavy (non-hydrogen) atoms. The molecular formula is C24H22Cl2N2O4. The first-order chi connectivity index (χ1) is 15.4. The molecule has 3 aromatic rings. The summed E-state index contributed by atoms with van der Waals surface area (Å²) in [5, 5.41) is 12.1. The number of carboxylic acid groups (broad SMARTS) is 1. The van der Waals surface area contributed by atoms with E-state index < -0.39 is 5.97 Å². The highest BCUT2D eigenvalue weighted by molar-refractivity contribution is 6.31. The second-order valence-electron chi connectivity index (χ2n) is 7.51. The number of aromatic nitrogens is 1. The Labute approximate surface area is 195 Å². The van der Waals surface area contributed by atoms with Crippen LogP contribution in [-0.4, -0.2) is 12.5 Å². The van der Waals surface area contributed by atoms with Crippen molar-refractivity contribution in [3.63, 3.8) is 0 Å². The predicted octanol–water partition coefficient (Wildman–Crippen LogP) is 4.63. The zero-order valence-electron chi connectivity index (χ0n) is 17.7. The van der Waals surface area contributed by atoms with Crippen LogP contribution in [0.3, 0.4) is 0 Å². The highest BCUT2D eigenvalue weighted by Crippen LogP contribution is 2.41. The van der Waals surface area contributed by atoms with E-state index in [1.54, 1.807) is 12.1 Å². The van der Waals surface area contributed by atoms with Gasteiger partial charge >= 0.3 is 5.89 Å². The molecule has 2 aromatic carbocycles. The van der Waals surface area contributed by atoms with Gasteiger partial charge in [-0.1, -0.05) is 30.1 Å². The minimum Gasteiger partial charge on any atom is -0.550 e. The summed E-state index contributed by atoms with van der Waals surface area (Å²) in [6, 6.07) is 10.9. The molecule has 1 aliphatic rings. The quantitative estimate of drug-likeness (QED) is 0.468. The van der Waals surface area contributed by atoms with Crippen LogP contribution < -0.4 is 19.3 Å². The molecule has 0 saturated heterocycles. The van der Waals surface area contributed by atoms with Crippen LogP contribution in [-0.2, 0) is 11.8 Å². The minimum absolute atomic E-state index is 0.0342. The fourth-order valence-electron chi connectivity index (χ4n) is 3.62. The molecule has 166 valence electrons. The van der Waals surface area contributed by atoms with Crippen LogP contribution in [0.15, 0.2) is 58.3 Å². The molecule has 2 heterocycles. The van der Waals surface area contributed by atoms with E-state index in [-0.39, 0.29) is 6.42 Å². The fourth-order valence-corrected chi connectivity index (χ4v) is 3.95. The Morgan fingerprint density at radius 2 is 1.94 bits per heavy atom. The van der Waals surface area contributed by atoms with E-state index in [2.05, 4.69) is 0 Å². The number of rotatable bonds is 7. The summed E-state index contributed by atoms with van der Waals surface area (Å²) >= 11 is 12.3. The zero-order valence-corrected chi connectivity index (χ0v) is 19.2. The normalized spacial score (nSPS) is 14.8. The predicted molar refractivity (Wildman–Crippen MR) is 122 cm³/mol. The largest absolute Gasteiger partial charge is 0.550 e. The lowest BCUT2D eigenvalue weighted by Gasteiger charge is -2.19. The molecule has 1 aliphatic heterocycles. The first-order valence-electron chi connectivity index (χ1n) is 10.3. The standard InChI is InChI=1S/C24H22Cl2N2O4/c1-3-15(11-22-27(2)18-13-16(25)6-8-20(18)31-22)12-23-28(10-4-5-24(29)30)19-14-17(26)7-9-21(19)32-23/h6-9,11-14H,3-5,10H2,1-2H3. The van der Waals surface area contributed by atoms with Gasteiger partial charge < -0.3 is 24.0 Å². The molecular weight excluding hydrogens is 451 g/mol. The average molecular weight is 473 g/mol. The smallest absolute Gasteiger partial charge is 0.374 e. The number of anilines is 1. The molecule has 0 unspecified atom stereocenters. The van der Waals surface area contributed by atoms with E-state index in [1.165, 1.54) is 0 Å². The van der Waals surface area contributed by atoms with Gasteiger partial charge in [0.05, 0.1) is 11.8 Å². The molecule has 0 amide bonds. The van der Waals surface area contributed by atoms with Crippen LogP contribution in [0.5, 0.6) is 5.75 Å². The van der Waals surface area contributed by atoms with Gasteiger partial charge in [0.1, 0.15) is 7.05 Å². The number of allylic oxidation sites excluding steroid dienone is 2. The Kier molecular flexibility index (Phi) is 6.44. The van der Waals surface area contributed by atoms with Crippen molar-refractivity contribution in [2.24, 2.45) is 7.05 Å². The van der Waals surface area contributed by atoms with Crippen molar-refractivity contribution in [2.45, 2.75) is 26.2 Å². The number of fused-ring (bicyclic) bond motifs is 2. The highest BCUT2D eigenvalue weighted by atomic mass is 35.5. The molecule has 1 aromatic heterocycles. The van der Waals surface area contributed by atoms with E-state index >= 15 is 0 Å². The molecule has 0 bridgehead atoms. The van der Waals surface area contributed by atoms with Crippen LogP contribution in [0.4, 0.5) is 5.69 Å². The van der Waals surface area contributed by atoms with Gasteiger partial charge in [-0.3, -0.25) is 0 Å². The minimum atomic E-state index is -1.08. The van der Waals surface area contributed by atoms with Gasteiger partial charge in [-0.05, 0) is 55.2 Å². The van der Waals surface area contributed by atoms with Crippen molar-refractivity contribution in [3.05, 3.63) is 69.9 Å². The van der Waals surface area contributed by atoms with E-state index in [4.69, 9.17) is 32.4 Å². The lowest BCUT2D eigenvalue weighted by atomic mass is 10.1. The number of carbonyl (C=O) groups excluding carboxylic acids is 1. The molecule has 0 fully saturated rings. The van der Waals surface area contributed by atoms with Crippen molar-refractivity contribution < 1.29 is 23.6 Å². The Morgan fingerprint density at radius 1 is 1.19 bits per heavy atom. The van der Waals surface area contributed by atoms with Crippen molar-refractivity contribution in [3.8, 4) is 5.75 Å². The monoisotopic (exact) mass is 472 g/mol. The Balaban J connectivity index is 1.69. The van der Waals surface area contributed by atoms with E-state index in [1.807, 2.05) is 59.9 Å². The summed E-state index contributed by atoms with van der Waals surface area (Å²) in [6.07, 6.45) is 5.01. The van der Waals surface area contributed by atoms with Crippen LogP contribution in [0.25, 0.3) is 17.2 Å². The fraction of sp³-hybridized carbons (Fsp3) is 0.250. The number of oxazole rings is 1. The number of hydrogen-bond donors (Lipinski definition) is 0. The Morgan fingerprint density at radius 3 is 2.69 bits per heavy atom. The molecule has 4 rings (SSSR count). The van der Waals surface area contributed by atoms with Gasteiger partial charge in [-0.15, -0.1) is 0 Å². The lowest BCUT2D eigenvalue weighted by Crippen LogP contribution is -2.29. The maximum Gasteiger partial charge on any atom is 0.374 e. The third kappa shape index (κ3) is 4.61. The van der Waals surface area contributed by atoms with Gasteiger partial charge in [0, 0.05) is 34.7 Å². The Hall–Kier alpha value is -2.96. The first kappa shape index (κ1) is 22.2. The van der Waals surface area contributed by atoms with Crippen molar-refractivity contribution in [2.75, 3.05) is 11.4 Å².